The summed E-state index contributed by atoms with van der Waals surface area (Å²) in [5.74, 6) is -1.82. The van der Waals surface area contributed by atoms with E-state index in [0.29, 0.717) is 11.3 Å². The molecule has 1 aliphatic heterocycles. The quantitative estimate of drug-likeness (QED) is 0.207. The first-order valence-electron chi connectivity index (χ1n) is 10.7. The molecule has 9 heteroatoms. The summed E-state index contributed by atoms with van der Waals surface area (Å²) in [6.07, 6.45) is 4.25. The van der Waals surface area contributed by atoms with Crippen molar-refractivity contribution in [2.45, 2.75) is 0 Å². The number of barbiturate groups is 1. The molecule has 8 nitrogen and oxygen atoms in total. The van der Waals surface area contributed by atoms with E-state index in [9.17, 15) is 19.2 Å². The van der Waals surface area contributed by atoms with Crippen molar-refractivity contribution in [2.75, 3.05) is 12.0 Å². The number of anilines is 1. The van der Waals surface area contributed by atoms with Crippen LogP contribution in [-0.4, -0.2) is 30.9 Å². The number of carbonyl (C=O) groups excluding carboxylic acids is 4. The van der Waals surface area contributed by atoms with Gasteiger partial charge in [0.25, 0.3) is 11.8 Å². The van der Waals surface area contributed by atoms with Crippen LogP contribution in [0.4, 0.5) is 10.5 Å². The summed E-state index contributed by atoms with van der Waals surface area (Å²) in [5.41, 5.74) is 1.34. The molecular formula is C27H19BrN2O6. The Hall–Kier alpha value is -4.50. The van der Waals surface area contributed by atoms with Gasteiger partial charge in [0, 0.05) is 10.5 Å². The molecule has 3 aromatic rings. The fraction of sp³-hybridized carbons (Fsp3) is 0.0370. The molecule has 4 rings (SSSR count). The van der Waals surface area contributed by atoms with Crippen molar-refractivity contribution < 1.29 is 28.7 Å². The second-order valence-corrected chi connectivity index (χ2v) is 8.43. The number of esters is 1. The van der Waals surface area contributed by atoms with E-state index in [-0.39, 0.29) is 17.1 Å². The van der Waals surface area contributed by atoms with Gasteiger partial charge in [-0.25, -0.2) is 14.5 Å². The second kappa shape index (κ2) is 10.8. The number of imide groups is 2. The Kier molecular flexibility index (Phi) is 7.41. The van der Waals surface area contributed by atoms with Gasteiger partial charge < -0.3 is 9.47 Å². The number of hydrogen-bond acceptors (Lipinski definition) is 6. The molecule has 0 saturated carbocycles. The number of hydrogen-bond donors (Lipinski definition) is 1. The van der Waals surface area contributed by atoms with Crippen molar-refractivity contribution in [3.8, 4) is 11.5 Å². The summed E-state index contributed by atoms with van der Waals surface area (Å²) in [6.45, 7) is 0. The van der Waals surface area contributed by atoms with Crippen molar-refractivity contribution in [1.29, 1.82) is 0 Å². The highest BCUT2D eigenvalue weighted by Crippen LogP contribution is 2.30. The zero-order valence-corrected chi connectivity index (χ0v) is 20.5. The minimum absolute atomic E-state index is 0.161. The summed E-state index contributed by atoms with van der Waals surface area (Å²) >= 11 is 3.30. The average Bonchev–Trinajstić information content (AvgIpc) is 2.87. The van der Waals surface area contributed by atoms with E-state index in [4.69, 9.17) is 9.47 Å². The molecule has 1 N–H and O–H groups in total. The SMILES string of the molecule is COc1cc(/C=C2\C(=O)NC(=O)N(c3ccc(Br)cc3)C2=O)ccc1OC(=O)/C=C/c1ccccc1. The molecule has 0 atom stereocenters. The normalized spacial score (nSPS) is 14.8. The van der Waals surface area contributed by atoms with Crippen LogP contribution >= 0.6 is 15.9 Å². The van der Waals surface area contributed by atoms with Crippen LogP contribution in [0.5, 0.6) is 11.5 Å². The van der Waals surface area contributed by atoms with Gasteiger partial charge in [-0.3, -0.25) is 14.9 Å². The largest absolute Gasteiger partial charge is 0.493 e. The Labute approximate surface area is 214 Å². The van der Waals surface area contributed by atoms with E-state index in [1.54, 1.807) is 36.4 Å². The summed E-state index contributed by atoms with van der Waals surface area (Å²) < 4.78 is 11.5. The van der Waals surface area contributed by atoms with Crippen LogP contribution < -0.4 is 19.7 Å². The standard InChI is InChI=1S/C27H19BrN2O6/c1-35-23-16-18(7-13-22(23)36-24(31)14-8-17-5-3-2-4-6-17)15-21-25(32)29-27(34)30(26(21)33)20-11-9-19(28)10-12-20/h2-16H,1H3,(H,29,32,34)/b14-8+,21-15+. The van der Waals surface area contributed by atoms with E-state index < -0.39 is 23.8 Å². The highest BCUT2D eigenvalue weighted by molar-refractivity contribution is 9.10. The van der Waals surface area contributed by atoms with E-state index >= 15 is 0 Å². The molecule has 4 amide bonds. The molecule has 180 valence electrons. The monoisotopic (exact) mass is 546 g/mol. The molecule has 1 heterocycles. The third kappa shape index (κ3) is 5.59. The first kappa shape index (κ1) is 24.6. The van der Waals surface area contributed by atoms with Crippen molar-refractivity contribution in [1.82, 2.24) is 5.32 Å². The number of rotatable bonds is 6. The number of amides is 4. The summed E-state index contributed by atoms with van der Waals surface area (Å²) in [7, 11) is 1.40. The number of nitrogens with zero attached hydrogens (tertiary/aromatic N) is 1. The third-order valence-corrected chi connectivity index (χ3v) is 5.64. The average molecular weight is 547 g/mol. The maximum atomic E-state index is 13.0. The fourth-order valence-corrected chi connectivity index (χ4v) is 3.64. The van der Waals surface area contributed by atoms with Gasteiger partial charge in [-0.05, 0) is 59.7 Å². The van der Waals surface area contributed by atoms with Gasteiger partial charge in [-0.15, -0.1) is 0 Å². The maximum absolute atomic E-state index is 13.0. The van der Waals surface area contributed by atoms with Crippen LogP contribution in [0.3, 0.4) is 0 Å². The minimum Gasteiger partial charge on any atom is -0.493 e. The minimum atomic E-state index is -0.840. The Morgan fingerprint density at radius 3 is 2.33 bits per heavy atom. The van der Waals surface area contributed by atoms with Crippen LogP contribution in [0.1, 0.15) is 11.1 Å². The van der Waals surface area contributed by atoms with Crippen LogP contribution in [0.2, 0.25) is 0 Å². The van der Waals surface area contributed by atoms with Crippen LogP contribution in [0.25, 0.3) is 12.2 Å². The van der Waals surface area contributed by atoms with Gasteiger partial charge in [0.2, 0.25) is 0 Å². The van der Waals surface area contributed by atoms with E-state index in [0.717, 1.165) is 14.9 Å². The van der Waals surface area contributed by atoms with Crippen LogP contribution in [-0.2, 0) is 14.4 Å². The van der Waals surface area contributed by atoms with E-state index in [1.807, 2.05) is 30.3 Å². The maximum Gasteiger partial charge on any atom is 0.336 e. The number of halogens is 1. The lowest BCUT2D eigenvalue weighted by Gasteiger charge is -2.26. The topological polar surface area (TPSA) is 102 Å². The van der Waals surface area contributed by atoms with Crippen molar-refractivity contribution in [3.05, 3.63) is 100 Å². The van der Waals surface area contributed by atoms with Crippen molar-refractivity contribution >= 4 is 57.6 Å². The van der Waals surface area contributed by atoms with Crippen LogP contribution in [0.15, 0.2) is 88.9 Å². The lowest BCUT2D eigenvalue weighted by Crippen LogP contribution is -2.54. The third-order valence-electron chi connectivity index (χ3n) is 5.11. The molecule has 1 fully saturated rings. The first-order chi connectivity index (χ1) is 17.4. The summed E-state index contributed by atoms with van der Waals surface area (Å²) in [5, 5.41) is 2.18. The van der Waals surface area contributed by atoms with Crippen molar-refractivity contribution in [2.24, 2.45) is 0 Å². The number of urea groups is 1. The summed E-state index contributed by atoms with van der Waals surface area (Å²) in [4.78, 5) is 51.0. The molecule has 0 radical (unpaired) electrons. The lowest BCUT2D eigenvalue weighted by molar-refractivity contribution is -0.129. The van der Waals surface area contributed by atoms with E-state index in [2.05, 4.69) is 21.2 Å². The Morgan fingerprint density at radius 2 is 1.64 bits per heavy atom. The zero-order chi connectivity index (χ0) is 25.7. The molecule has 0 bridgehead atoms. The fourth-order valence-electron chi connectivity index (χ4n) is 3.38. The zero-order valence-electron chi connectivity index (χ0n) is 18.9. The van der Waals surface area contributed by atoms with Gasteiger partial charge in [0.1, 0.15) is 5.57 Å². The highest BCUT2D eigenvalue weighted by Gasteiger charge is 2.36. The lowest BCUT2D eigenvalue weighted by atomic mass is 10.1. The highest BCUT2D eigenvalue weighted by atomic mass is 79.9. The molecule has 3 aromatic carbocycles. The molecule has 1 saturated heterocycles. The van der Waals surface area contributed by atoms with Gasteiger partial charge in [-0.1, -0.05) is 52.3 Å². The number of benzene rings is 3. The Balaban J connectivity index is 1.56. The Morgan fingerprint density at radius 1 is 0.917 bits per heavy atom. The number of nitrogens with one attached hydrogen (secondary N) is 1. The first-order valence-corrected chi connectivity index (χ1v) is 11.4. The molecule has 36 heavy (non-hydrogen) atoms. The predicted molar refractivity (Wildman–Crippen MR) is 137 cm³/mol. The summed E-state index contributed by atoms with van der Waals surface area (Å²) in [6, 6.07) is 19.5. The molecule has 1 aliphatic rings. The molecule has 0 aromatic heterocycles. The number of ether oxygens (including phenoxy) is 2. The van der Waals surface area contributed by atoms with Gasteiger partial charge >= 0.3 is 12.0 Å². The van der Waals surface area contributed by atoms with Gasteiger partial charge in [0.15, 0.2) is 11.5 Å². The van der Waals surface area contributed by atoms with Crippen molar-refractivity contribution in [3.63, 3.8) is 0 Å². The van der Waals surface area contributed by atoms with Crippen LogP contribution in [0, 0.1) is 0 Å². The number of carbonyl (C=O) groups is 4. The Bertz CT molecular complexity index is 1400. The smallest absolute Gasteiger partial charge is 0.336 e. The molecular weight excluding hydrogens is 528 g/mol. The molecule has 0 unspecified atom stereocenters. The van der Waals surface area contributed by atoms with Gasteiger partial charge in [-0.2, -0.15) is 0 Å². The molecule has 0 aliphatic carbocycles. The van der Waals surface area contributed by atoms with E-state index in [1.165, 1.54) is 31.4 Å². The van der Waals surface area contributed by atoms with Gasteiger partial charge in [0.05, 0.1) is 12.8 Å². The molecule has 0 spiro atoms. The number of methoxy groups -OCH3 is 1. The predicted octanol–water partition coefficient (Wildman–Crippen LogP) is 4.74. The second-order valence-electron chi connectivity index (χ2n) is 7.51.